The van der Waals surface area contributed by atoms with Crippen LogP contribution in [0.2, 0.25) is 0 Å². The highest BCUT2D eigenvalue weighted by Gasteiger charge is 2.25. The Kier molecular flexibility index (Phi) is 8.03. The van der Waals surface area contributed by atoms with Crippen molar-refractivity contribution in [3.05, 3.63) is 0 Å². The van der Waals surface area contributed by atoms with E-state index in [1.165, 1.54) is 25.5 Å². The molecule has 0 aromatic carbocycles. The molecule has 0 bridgehead atoms. The molecular weight excluding hydrogens is 322 g/mol. The second-order valence-corrected chi connectivity index (χ2v) is 10.8. The Balaban J connectivity index is 2.64. The lowest BCUT2D eigenvalue weighted by Crippen LogP contribution is -2.46. The number of nitrogens with zero attached hydrogens (tertiary/aromatic N) is 1. The number of hydrogen-bond acceptors (Lipinski definition) is 3. The summed E-state index contributed by atoms with van der Waals surface area (Å²) in [7, 11) is -2.92. The molecule has 0 aromatic rings. The minimum Gasteiger partial charge on any atom is -0.357 e. The summed E-state index contributed by atoms with van der Waals surface area (Å²) < 4.78 is 22.8. The Hall–Kier alpha value is -0.780. The number of guanidine groups is 1. The lowest BCUT2D eigenvalue weighted by molar-refractivity contribution is 0.254. The zero-order valence-corrected chi connectivity index (χ0v) is 17.2. The monoisotopic (exact) mass is 359 g/mol. The Morgan fingerprint density at radius 1 is 1.17 bits per heavy atom. The van der Waals surface area contributed by atoms with Gasteiger partial charge in [0.1, 0.15) is 9.84 Å². The van der Waals surface area contributed by atoms with Gasteiger partial charge < -0.3 is 10.6 Å². The normalized spacial score (nSPS) is 26.2. The molecular formula is C18H37N3O2S. The molecule has 5 nitrogen and oxygen atoms in total. The van der Waals surface area contributed by atoms with Crippen LogP contribution in [0.4, 0.5) is 0 Å². The highest BCUT2D eigenvalue weighted by molar-refractivity contribution is 7.90. The second-order valence-electron chi connectivity index (χ2n) is 8.50. The Morgan fingerprint density at radius 3 is 2.25 bits per heavy atom. The number of aliphatic imine (C=N–C) groups is 1. The van der Waals surface area contributed by atoms with Crippen molar-refractivity contribution >= 4 is 15.8 Å². The zero-order valence-electron chi connectivity index (χ0n) is 16.4. The maximum absolute atomic E-state index is 11.4. The molecule has 0 aliphatic heterocycles. The van der Waals surface area contributed by atoms with E-state index in [9.17, 15) is 8.42 Å². The maximum atomic E-state index is 11.4. The molecule has 0 saturated heterocycles. The SMILES string of the molecule is CCNC(=NCC(C)(C)CCS(C)(=O)=O)NC1CC(C)CC(C)C1. The Labute approximate surface area is 149 Å². The molecule has 1 rings (SSSR count). The molecule has 2 unspecified atom stereocenters. The van der Waals surface area contributed by atoms with Crippen molar-refractivity contribution in [3.63, 3.8) is 0 Å². The lowest BCUT2D eigenvalue weighted by atomic mass is 9.80. The first kappa shape index (κ1) is 21.3. The van der Waals surface area contributed by atoms with E-state index in [-0.39, 0.29) is 11.2 Å². The largest absolute Gasteiger partial charge is 0.357 e. The molecule has 6 heteroatoms. The molecule has 0 radical (unpaired) electrons. The van der Waals surface area contributed by atoms with E-state index >= 15 is 0 Å². The predicted octanol–water partition coefficient (Wildman–Crippen LogP) is 2.83. The van der Waals surface area contributed by atoms with E-state index in [1.54, 1.807) is 0 Å². The van der Waals surface area contributed by atoms with Crippen molar-refractivity contribution in [1.82, 2.24) is 10.6 Å². The van der Waals surface area contributed by atoms with Gasteiger partial charge in [-0.25, -0.2) is 8.42 Å². The fourth-order valence-electron chi connectivity index (χ4n) is 3.41. The van der Waals surface area contributed by atoms with Gasteiger partial charge in [0.05, 0.1) is 5.75 Å². The van der Waals surface area contributed by atoms with Crippen molar-refractivity contribution in [2.24, 2.45) is 22.2 Å². The van der Waals surface area contributed by atoms with Gasteiger partial charge >= 0.3 is 0 Å². The summed E-state index contributed by atoms with van der Waals surface area (Å²) in [6, 6.07) is 0.473. The fraction of sp³-hybridized carbons (Fsp3) is 0.944. The highest BCUT2D eigenvalue weighted by Crippen LogP contribution is 2.28. The molecule has 142 valence electrons. The summed E-state index contributed by atoms with van der Waals surface area (Å²) in [4.78, 5) is 4.73. The minimum absolute atomic E-state index is 0.126. The number of hydrogen-bond donors (Lipinski definition) is 2. The number of rotatable bonds is 7. The molecule has 2 N–H and O–H groups in total. The van der Waals surface area contributed by atoms with Gasteiger partial charge in [0, 0.05) is 25.4 Å². The van der Waals surface area contributed by atoms with Crippen LogP contribution in [-0.4, -0.2) is 45.5 Å². The van der Waals surface area contributed by atoms with Crippen LogP contribution >= 0.6 is 0 Å². The van der Waals surface area contributed by atoms with E-state index in [0.29, 0.717) is 19.0 Å². The minimum atomic E-state index is -2.92. The highest BCUT2D eigenvalue weighted by atomic mass is 32.2. The number of nitrogens with one attached hydrogen (secondary N) is 2. The summed E-state index contributed by atoms with van der Waals surface area (Å²) >= 11 is 0. The summed E-state index contributed by atoms with van der Waals surface area (Å²) in [5.41, 5.74) is -0.126. The third-order valence-electron chi connectivity index (χ3n) is 4.68. The molecule has 2 atom stereocenters. The molecule has 0 spiro atoms. The van der Waals surface area contributed by atoms with Crippen LogP contribution < -0.4 is 10.6 Å². The van der Waals surface area contributed by atoms with Gasteiger partial charge in [-0.15, -0.1) is 0 Å². The molecule has 0 heterocycles. The van der Waals surface area contributed by atoms with Gasteiger partial charge in [0.25, 0.3) is 0 Å². The summed E-state index contributed by atoms with van der Waals surface area (Å²) in [6.45, 7) is 12.3. The zero-order chi connectivity index (χ0) is 18.4. The second kappa shape index (κ2) is 9.07. The summed E-state index contributed by atoms with van der Waals surface area (Å²) in [6.07, 6.45) is 5.61. The van der Waals surface area contributed by atoms with Crippen LogP contribution in [-0.2, 0) is 9.84 Å². The van der Waals surface area contributed by atoms with Crippen LogP contribution in [0.1, 0.15) is 60.3 Å². The van der Waals surface area contributed by atoms with Crippen molar-refractivity contribution in [3.8, 4) is 0 Å². The van der Waals surface area contributed by atoms with Gasteiger partial charge in [-0.3, -0.25) is 4.99 Å². The third-order valence-corrected chi connectivity index (χ3v) is 5.62. The third kappa shape index (κ3) is 8.90. The van der Waals surface area contributed by atoms with Crippen molar-refractivity contribution in [2.75, 3.05) is 25.1 Å². The van der Waals surface area contributed by atoms with Crippen molar-refractivity contribution < 1.29 is 8.42 Å². The molecule has 1 aliphatic carbocycles. The van der Waals surface area contributed by atoms with Crippen molar-refractivity contribution in [1.29, 1.82) is 0 Å². The summed E-state index contributed by atoms with van der Waals surface area (Å²) in [5, 5.41) is 6.91. The molecule has 24 heavy (non-hydrogen) atoms. The van der Waals surface area contributed by atoms with Gasteiger partial charge in [-0.05, 0) is 49.9 Å². The van der Waals surface area contributed by atoms with E-state index in [4.69, 9.17) is 4.99 Å². The van der Waals surface area contributed by atoms with E-state index in [0.717, 1.165) is 24.3 Å². The smallest absolute Gasteiger partial charge is 0.191 e. The number of sulfone groups is 1. The van der Waals surface area contributed by atoms with Crippen LogP contribution in [0.15, 0.2) is 4.99 Å². The molecule has 1 aliphatic rings. The Morgan fingerprint density at radius 2 is 1.75 bits per heavy atom. The van der Waals surface area contributed by atoms with E-state index < -0.39 is 9.84 Å². The van der Waals surface area contributed by atoms with E-state index in [2.05, 4.69) is 45.3 Å². The first-order chi connectivity index (χ1) is 11.0. The first-order valence-corrected chi connectivity index (χ1v) is 11.3. The summed E-state index contributed by atoms with van der Waals surface area (Å²) in [5.74, 6) is 2.58. The molecule has 0 amide bonds. The van der Waals surface area contributed by atoms with Gasteiger partial charge in [0.2, 0.25) is 0 Å². The molecule has 1 fully saturated rings. The van der Waals surface area contributed by atoms with Crippen LogP contribution in [0.25, 0.3) is 0 Å². The molecule has 0 aromatic heterocycles. The molecule has 1 saturated carbocycles. The maximum Gasteiger partial charge on any atom is 0.191 e. The first-order valence-electron chi connectivity index (χ1n) is 9.23. The fourth-order valence-corrected chi connectivity index (χ4v) is 4.34. The lowest BCUT2D eigenvalue weighted by Gasteiger charge is -2.33. The quantitative estimate of drug-likeness (QED) is 0.542. The van der Waals surface area contributed by atoms with Crippen molar-refractivity contribution in [2.45, 2.75) is 66.3 Å². The van der Waals surface area contributed by atoms with Gasteiger partial charge in [-0.1, -0.05) is 27.7 Å². The average Bonchev–Trinajstić information content (AvgIpc) is 2.41. The van der Waals surface area contributed by atoms with E-state index in [1.807, 2.05) is 0 Å². The topological polar surface area (TPSA) is 70.6 Å². The van der Waals surface area contributed by atoms with Crippen LogP contribution in [0, 0.1) is 17.3 Å². The van der Waals surface area contributed by atoms with Crippen LogP contribution in [0.3, 0.4) is 0 Å². The van der Waals surface area contributed by atoms with Gasteiger partial charge in [-0.2, -0.15) is 0 Å². The van der Waals surface area contributed by atoms with Gasteiger partial charge in [0.15, 0.2) is 5.96 Å². The van der Waals surface area contributed by atoms with Crippen LogP contribution in [0.5, 0.6) is 0 Å². The predicted molar refractivity (Wildman–Crippen MR) is 103 cm³/mol. The average molecular weight is 360 g/mol. The standard InChI is InChI=1S/C18H37N3O2S/c1-7-19-17(21-16-11-14(2)10-15(3)12-16)20-13-18(4,5)8-9-24(6,22)23/h14-16H,7-13H2,1-6H3,(H2,19,20,21). The Bertz CT molecular complexity index is 504.